The number of ether oxygens (including phenoxy) is 1. The van der Waals surface area contributed by atoms with Crippen LogP contribution in [0.2, 0.25) is 0 Å². The molecule has 5 aromatic rings. The maximum Gasteiger partial charge on any atom is 0.306 e. The third-order valence-corrected chi connectivity index (χ3v) is 12.9. The zero-order valence-corrected chi connectivity index (χ0v) is 31.6. The van der Waals surface area contributed by atoms with Gasteiger partial charge >= 0.3 is 11.9 Å². The van der Waals surface area contributed by atoms with E-state index in [-0.39, 0.29) is 57.6 Å². The van der Waals surface area contributed by atoms with Crippen LogP contribution in [-0.4, -0.2) is 56.4 Å². The van der Waals surface area contributed by atoms with Gasteiger partial charge in [0, 0.05) is 27.9 Å². The number of benzene rings is 5. The number of hydrogen-bond donors (Lipinski definition) is 6. The smallest absolute Gasteiger partial charge is 0.306 e. The zero-order valence-electron chi connectivity index (χ0n) is 31.6. The van der Waals surface area contributed by atoms with Gasteiger partial charge in [-0.05, 0) is 109 Å². The monoisotopic (exact) mass is 763 g/mol. The number of phenolic OH excluding ortho intramolecular Hbond substituents is 1. The van der Waals surface area contributed by atoms with E-state index in [0.29, 0.717) is 112 Å². The molecule has 56 heavy (non-hydrogen) atoms. The first-order chi connectivity index (χ1) is 26.8. The number of aliphatic hydroxyl groups excluding tert-OH is 2. The maximum absolute atomic E-state index is 14.6. The molecule has 5 unspecified atom stereocenters. The number of carbonyl (C=O) groups is 3. The molecule has 2 saturated carbocycles. The lowest BCUT2D eigenvalue weighted by Crippen LogP contribution is -2.31. The van der Waals surface area contributed by atoms with Crippen LogP contribution >= 0.6 is 0 Å². The molecule has 3 aliphatic rings. The number of allylic oxidation sites excluding steroid dienone is 1. The molecule has 5 atom stereocenters. The van der Waals surface area contributed by atoms with Crippen LogP contribution in [0.3, 0.4) is 0 Å². The number of carboxylic acids is 2. The number of aromatic hydroxyl groups is 1. The zero-order chi connectivity index (χ0) is 39.9. The van der Waals surface area contributed by atoms with Crippen LogP contribution in [0.4, 0.5) is 5.69 Å². The lowest BCUT2D eigenvalue weighted by Gasteiger charge is -2.32. The third kappa shape index (κ3) is 5.59. The summed E-state index contributed by atoms with van der Waals surface area (Å²) in [5.74, 6) is -4.29. The van der Waals surface area contributed by atoms with E-state index in [1.807, 2.05) is 6.08 Å². The number of carbonyl (C=O) groups excluding carboxylic acids is 1. The predicted octanol–water partition coefficient (Wildman–Crippen LogP) is 6.17. The molecule has 292 valence electrons. The van der Waals surface area contributed by atoms with Gasteiger partial charge in [-0.25, -0.2) is 0 Å². The quantitative estimate of drug-likeness (QED) is 0.0697. The molecule has 0 bridgehead atoms. The summed E-state index contributed by atoms with van der Waals surface area (Å²) in [7, 11) is 1.45. The topological polar surface area (TPSA) is 208 Å². The SMILES string of the molecule is COc1c(NC2CCCC(C(=O)O)C2)c2c(=O)cc(CO)c3c4c(CO)cc(=O)c5c(O)c(CC6CCCC(C(=O)O)C6)c6c(c(c1C(C(C)=O)C(C)=C6)c23)c54. The number of methoxy groups -OCH3 is 1. The molecule has 5 aromatic carbocycles. The Morgan fingerprint density at radius 3 is 1.96 bits per heavy atom. The fraction of sp³-hybridized carbons (Fsp3) is 0.432. The van der Waals surface area contributed by atoms with Crippen molar-refractivity contribution in [3.63, 3.8) is 0 Å². The van der Waals surface area contributed by atoms with Gasteiger partial charge in [0.25, 0.3) is 0 Å². The van der Waals surface area contributed by atoms with Gasteiger partial charge in [0.15, 0.2) is 10.9 Å². The lowest BCUT2D eigenvalue weighted by atomic mass is 9.76. The van der Waals surface area contributed by atoms with Crippen molar-refractivity contribution in [1.82, 2.24) is 0 Å². The number of nitrogens with one attached hydrogen (secondary N) is 1. The molecular weight excluding hydrogens is 718 g/mol. The highest BCUT2D eigenvalue weighted by atomic mass is 16.5. The number of rotatable bonds is 10. The van der Waals surface area contributed by atoms with Crippen molar-refractivity contribution in [2.24, 2.45) is 17.8 Å². The highest BCUT2D eigenvalue weighted by Crippen LogP contribution is 2.56. The Balaban J connectivity index is 1.60. The number of phenols is 1. The normalized spacial score (nSPS) is 22.5. The average Bonchev–Trinajstić information content (AvgIpc) is 3.30. The minimum atomic E-state index is -0.929. The van der Waals surface area contributed by atoms with E-state index in [0.717, 1.165) is 0 Å². The first-order valence-corrected chi connectivity index (χ1v) is 19.4. The van der Waals surface area contributed by atoms with Crippen molar-refractivity contribution in [3.8, 4) is 11.5 Å². The Morgan fingerprint density at radius 2 is 1.38 bits per heavy atom. The van der Waals surface area contributed by atoms with E-state index in [9.17, 15) is 49.5 Å². The van der Waals surface area contributed by atoms with Crippen LogP contribution in [0, 0.1) is 17.8 Å². The van der Waals surface area contributed by atoms with Crippen LogP contribution in [-0.2, 0) is 34.0 Å². The molecule has 0 aromatic heterocycles. The molecule has 0 heterocycles. The summed E-state index contributed by atoms with van der Waals surface area (Å²) in [5, 5.41) is 59.9. The van der Waals surface area contributed by atoms with E-state index in [2.05, 4.69) is 5.32 Å². The number of anilines is 1. The van der Waals surface area contributed by atoms with Crippen LogP contribution in [0.15, 0.2) is 27.3 Å². The molecule has 0 amide bonds. The highest BCUT2D eigenvalue weighted by molar-refractivity contribution is 6.39. The molecule has 12 nitrogen and oxygen atoms in total. The summed E-state index contributed by atoms with van der Waals surface area (Å²) in [6, 6.07) is 2.22. The molecule has 0 saturated heterocycles. The van der Waals surface area contributed by atoms with Gasteiger partial charge in [-0.15, -0.1) is 0 Å². The Kier molecular flexibility index (Phi) is 9.40. The Labute approximate surface area is 321 Å². The second-order valence-electron chi connectivity index (χ2n) is 16.2. The summed E-state index contributed by atoms with van der Waals surface area (Å²) in [5.41, 5.74) is 1.73. The maximum atomic E-state index is 14.6. The second-order valence-corrected chi connectivity index (χ2v) is 16.2. The number of aliphatic carboxylic acids is 2. The number of ketones is 1. The van der Waals surface area contributed by atoms with Crippen LogP contribution in [0.5, 0.6) is 11.5 Å². The first-order valence-electron chi connectivity index (χ1n) is 19.4. The molecular formula is C44H45NO11. The van der Waals surface area contributed by atoms with Crippen molar-refractivity contribution < 1.29 is 44.7 Å². The fourth-order valence-electron chi connectivity index (χ4n) is 10.6. The van der Waals surface area contributed by atoms with Gasteiger partial charge in [-0.2, -0.15) is 0 Å². The number of fused-ring (bicyclic) bond motifs is 1. The number of Topliss-reactive ketones (excluding diaryl/α,β-unsaturated/α-hetero) is 1. The molecule has 0 spiro atoms. The number of carboxylic acid groups (broad SMARTS) is 2. The van der Waals surface area contributed by atoms with Gasteiger partial charge in [0.2, 0.25) is 0 Å². The second kappa shape index (κ2) is 14.0. The van der Waals surface area contributed by atoms with Crippen molar-refractivity contribution in [2.75, 3.05) is 12.4 Å². The van der Waals surface area contributed by atoms with E-state index >= 15 is 0 Å². The molecule has 3 aliphatic carbocycles. The summed E-state index contributed by atoms with van der Waals surface area (Å²) in [6.45, 7) is 2.11. The van der Waals surface area contributed by atoms with Gasteiger partial charge in [-0.1, -0.05) is 30.9 Å². The largest absolute Gasteiger partial charge is 0.507 e. The minimum absolute atomic E-state index is 0.00759. The molecule has 6 N–H and O–H groups in total. The molecule has 0 aliphatic heterocycles. The Hall–Kier alpha value is -5.33. The molecule has 12 heteroatoms. The highest BCUT2D eigenvalue weighted by Gasteiger charge is 2.39. The van der Waals surface area contributed by atoms with Crippen LogP contribution in [0.1, 0.15) is 98.9 Å². The van der Waals surface area contributed by atoms with Gasteiger partial charge in [-0.3, -0.25) is 24.0 Å². The first kappa shape index (κ1) is 37.6. The molecule has 0 radical (unpaired) electrons. The van der Waals surface area contributed by atoms with Gasteiger partial charge < -0.3 is 35.6 Å². The summed E-state index contributed by atoms with van der Waals surface area (Å²) >= 11 is 0. The van der Waals surface area contributed by atoms with Crippen molar-refractivity contribution in [2.45, 2.75) is 96.8 Å². The standard InChI is InChI=1S/C44H45NO11/c1-18-10-26-27(12-20-6-4-7-21(11-20)43(52)53)41(51)35-29(50)15-24(17-47)31-32-23(16-46)14-28(49)34-37(32)38(33(26)36(31)35)39(30(18)19(2)48)42(56-3)40(34)45-25-9-5-8-22(13-25)44(54)55/h10,14-15,20-22,25,30,45-47,51H,4-9,11-13,16-17H2,1-3H3,(H,52,53)(H,54,55). The Bertz CT molecular complexity index is 2650. The minimum Gasteiger partial charge on any atom is -0.507 e. The van der Waals surface area contributed by atoms with Crippen molar-refractivity contribution in [1.29, 1.82) is 0 Å². The fourth-order valence-corrected chi connectivity index (χ4v) is 10.6. The number of hydrogen-bond acceptors (Lipinski definition) is 10. The van der Waals surface area contributed by atoms with E-state index in [1.54, 1.807) is 6.92 Å². The summed E-state index contributed by atoms with van der Waals surface area (Å²) in [4.78, 5) is 66.9. The number of aliphatic hydroxyl groups is 2. The van der Waals surface area contributed by atoms with E-state index < -0.39 is 53.8 Å². The van der Waals surface area contributed by atoms with E-state index in [1.165, 1.54) is 26.2 Å². The molecule has 8 rings (SSSR count). The third-order valence-electron chi connectivity index (χ3n) is 12.9. The summed E-state index contributed by atoms with van der Waals surface area (Å²) in [6.07, 6.45) is 6.48. The van der Waals surface area contributed by atoms with Crippen LogP contribution in [0.25, 0.3) is 49.2 Å². The predicted molar refractivity (Wildman–Crippen MR) is 212 cm³/mol. The van der Waals surface area contributed by atoms with Crippen molar-refractivity contribution >= 4 is 72.6 Å². The van der Waals surface area contributed by atoms with Crippen molar-refractivity contribution in [3.05, 3.63) is 66.0 Å². The Morgan fingerprint density at radius 1 is 0.786 bits per heavy atom. The molecule has 2 fully saturated rings. The van der Waals surface area contributed by atoms with Gasteiger partial charge in [0.05, 0.1) is 54.5 Å². The van der Waals surface area contributed by atoms with E-state index in [4.69, 9.17) is 4.74 Å². The van der Waals surface area contributed by atoms with Crippen LogP contribution < -0.4 is 20.9 Å². The summed E-state index contributed by atoms with van der Waals surface area (Å²) < 4.78 is 6.23. The van der Waals surface area contributed by atoms with Gasteiger partial charge in [0.1, 0.15) is 17.3 Å². The average molecular weight is 764 g/mol. The lowest BCUT2D eigenvalue weighted by molar-refractivity contribution is -0.144.